The third-order valence-corrected chi connectivity index (χ3v) is 2.41. The van der Waals surface area contributed by atoms with Gasteiger partial charge in [-0.3, -0.25) is 4.68 Å². The summed E-state index contributed by atoms with van der Waals surface area (Å²) in [6, 6.07) is 6.41. The number of benzene rings is 1. The van der Waals surface area contributed by atoms with E-state index in [0.717, 1.165) is 5.56 Å². The van der Waals surface area contributed by atoms with Gasteiger partial charge in [0, 0.05) is 18.0 Å². The summed E-state index contributed by atoms with van der Waals surface area (Å²) in [4.78, 5) is 10.8. The Bertz CT molecular complexity index is 521. The number of carboxylic acids is 1. The molecule has 0 amide bonds. The van der Waals surface area contributed by atoms with Crippen molar-refractivity contribution in [3.63, 3.8) is 0 Å². The van der Waals surface area contributed by atoms with Crippen LogP contribution < -0.4 is 9.84 Å². The molecule has 0 unspecified atom stereocenters. The van der Waals surface area contributed by atoms with E-state index in [1.165, 1.54) is 12.1 Å². The van der Waals surface area contributed by atoms with Crippen molar-refractivity contribution in [1.82, 2.24) is 9.78 Å². The first-order chi connectivity index (χ1) is 8.20. The molecule has 0 aliphatic heterocycles. The lowest BCUT2D eigenvalue weighted by Crippen LogP contribution is -2.22. The van der Waals surface area contributed by atoms with E-state index < -0.39 is 5.97 Å². The normalized spacial score (nSPS) is 10.2. The molecule has 1 aromatic carbocycles. The molecule has 88 valence electrons. The summed E-state index contributed by atoms with van der Waals surface area (Å²) in [5.41, 5.74) is 0.880. The fourth-order valence-electron chi connectivity index (χ4n) is 1.60. The molecule has 0 radical (unpaired) electrons. The van der Waals surface area contributed by atoms with Gasteiger partial charge in [-0.25, -0.2) is 0 Å². The minimum Gasteiger partial charge on any atom is -0.545 e. The van der Waals surface area contributed by atoms with Crippen LogP contribution in [0.2, 0.25) is 0 Å². The molecule has 5 nitrogen and oxygen atoms in total. The number of carbonyl (C=O) groups excluding carboxylic acids is 1. The van der Waals surface area contributed by atoms with Crippen LogP contribution in [0, 0.1) is 0 Å². The van der Waals surface area contributed by atoms with Gasteiger partial charge in [-0.2, -0.15) is 5.10 Å². The van der Waals surface area contributed by atoms with Gasteiger partial charge < -0.3 is 14.6 Å². The lowest BCUT2D eigenvalue weighted by atomic mass is 10.1. The van der Waals surface area contributed by atoms with Crippen molar-refractivity contribution in [1.29, 1.82) is 0 Å². The van der Waals surface area contributed by atoms with E-state index in [1.54, 1.807) is 36.3 Å². The summed E-state index contributed by atoms with van der Waals surface area (Å²) in [7, 11) is 1.54. The number of hydrogen-bond donors (Lipinski definition) is 0. The monoisotopic (exact) mass is 231 g/mol. The second-order valence-corrected chi connectivity index (χ2v) is 3.52. The summed E-state index contributed by atoms with van der Waals surface area (Å²) in [5, 5.41) is 14.8. The third kappa shape index (κ3) is 2.44. The summed E-state index contributed by atoms with van der Waals surface area (Å²) in [6.45, 7) is 0.456. The van der Waals surface area contributed by atoms with Gasteiger partial charge in [0.15, 0.2) is 0 Å². The van der Waals surface area contributed by atoms with Crippen molar-refractivity contribution in [2.45, 2.75) is 6.54 Å². The molecule has 0 N–H and O–H groups in total. The zero-order valence-electron chi connectivity index (χ0n) is 9.29. The number of nitrogens with zero attached hydrogens (tertiary/aromatic N) is 2. The molecule has 17 heavy (non-hydrogen) atoms. The molecule has 0 spiro atoms. The van der Waals surface area contributed by atoms with E-state index in [1.807, 2.05) is 0 Å². The third-order valence-electron chi connectivity index (χ3n) is 2.41. The van der Waals surface area contributed by atoms with Crippen LogP contribution in [0.5, 0.6) is 5.75 Å². The molecule has 1 aromatic heterocycles. The van der Waals surface area contributed by atoms with E-state index >= 15 is 0 Å². The summed E-state index contributed by atoms with van der Waals surface area (Å²) in [6.07, 6.45) is 3.46. The van der Waals surface area contributed by atoms with Crippen LogP contribution >= 0.6 is 0 Å². The highest BCUT2D eigenvalue weighted by molar-refractivity contribution is 5.86. The lowest BCUT2D eigenvalue weighted by Gasteiger charge is -2.11. The Morgan fingerprint density at radius 1 is 1.53 bits per heavy atom. The average Bonchev–Trinajstić information content (AvgIpc) is 2.81. The molecular formula is C12H11N2O3-. The van der Waals surface area contributed by atoms with Crippen LogP contribution in [0.1, 0.15) is 15.9 Å². The maximum Gasteiger partial charge on any atom is 0.123 e. The zero-order chi connectivity index (χ0) is 12.3. The van der Waals surface area contributed by atoms with Crippen molar-refractivity contribution in [3.05, 3.63) is 47.8 Å². The fourth-order valence-corrected chi connectivity index (χ4v) is 1.60. The van der Waals surface area contributed by atoms with Gasteiger partial charge in [0.25, 0.3) is 0 Å². The van der Waals surface area contributed by atoms with Crippen molar-refractivity contribution in [2.75, 3.05) is 7.11 Å². The first kappa shape index (κ1) is 11.2. The highest BCUT2D eigenvalue weighted by Gasteiger charge is 2.06. The molecule has 0 saturated carbocycles. The van der Waals surface area contributed by atoms with Crippen LogP contribution in [0.4, 0.5) is 0 Å². The first-order valence-electron chi connectivity index (χ1n) is 5.06. The number of ether oxygens (including phenoxy) is 1. The number of carbonyl (C=O) groups is 1. The molecule has 0 fully saturated rings. The molecule has 5 heteroatoms. The van der Waals surface area contributed by atoms with E-state index in [4.69, 9.17) is 4.74 Å². The van der Waals surface area contributed by atoms with Gasteiger partial charge >= 0.3 is 0 Å². The van der Waals surface area contributed by atoms with E-state index in [9.17, 15) is 9.90 Å². The van der Waals surface area contributed by atoms with Crippen molar-refractivity contribution in [3.8, 4) is 5.75 Å². The first-order valence-corrected chi connectivity index (χ1v) is 5.06. The van der Waals surface area contributed by atoms with E-state index in [-0.39, 0.29) is 5.56 Å². The molecule has 1 heterocycles. The Kier molecular flexibility index (Phi) is 3.09. The minimum atomic E-state index is -1.20. The van der Waals surface area contributed by atoms with Crippen LogP contribution in [0.15, 0.2) is 36.7 Å². The Balaban J connectivity index is 2.35. The largest absolute Gasteiger partial charge is 0.545 e. The fraction of sp³-hybridized carbons (Fsp3) is 0.167. The van der Waals surface area contributed by atoms with Crippen LogP contribution in [-0.2, 0) is 6.54 Å². The predicted octanol–water partition coefficient (Wildman–Crippen LogP) is 0.303. The molecule has 0 bridgehead atoms. The Hall–Kier alpha value is -2.30. The Labute approximate surface area is 98.3 Å². The topological polar surface area (TPSA) is 67.2 Å². The van der Waals surface area contributed by atoms with Crippen LogP contribution in [0.3, 0.4) is 0 Å². The smallest absolute Gasteiger partial charge is 0.123 e. The van der Waals surface area contributed by atoms with Crippen LogP contribution in [0.25, 0.3) is 0 Å². The van der Waals surface area contributed by atoms with Crippen molar-refractivity contribution < 1.29 is 14.6 Å². The summed E-state index contributed by atoms with van der Waals surface area (Å²) < 4.78 is 6.87. The van der Waals surface area contributed by atoms with Gasteiger partial charge in [-0.1, -0.05) is 0 Å². The zero-order valence-corrected chi connectivity index (χ0v) is 9.29. The Morgan fingerprint density at radius 2 is 2.35 bits per heavy atom. The quantitative estimate of drug-likeness (QED) is 0.759. The second kappa shape index (κ2) is 4.69. The molecule has 2 aromatic rings. The number of hydrogen-bond acceptors (Lipinski definition) is 4. The number of aromatic carboxylic acids is 1. The highest BCUT2D eigenvalue weighted by atomic mass is 16.5. The predicted molar refractivity (Wildman–Crippen MR) is 58.7 cm³/mol. The molecule has 0 aliphatic rings. The molecule has 2 rings (SSSR count). The van der Waals surface area contributed by atoms with Crippen LogP contribution in [-0.4, -0.2) is 22.9 Å². The summed E-state index contributed by atoms with van der Waals surface area (Å²) in [5.74, 6) is -0.570. The average molecular weight is 231 g/mol. The lowest BCUT2D eigenvalue weighted by molar-refractivity contribution is -0.255. The Morgan fingerprint density at radius 3 is 2.94 bits per heavy atom. The minimum absolute atomic E-state index is 0.132. The number of rotatable bonds is 4. The van der Waals surface area contributed by atoms with E-state index in [0.29, 0.717) is 12.3 Å². The van der Waals surface area contributed by atoms with Gasteiger partial charge in [-0.15, -0.1) is 0 Å². The molecule has 0 aliphatic carbocycles. The summed E-state index contributed by atoms with van der Waals surface area (Å²) >= 11 is 0. The number of carboxylic acid groups (broad SMARTS) is 1. The maximum atomic E-state index is 10.8. The van der Waals surface area contributed by atoms with Crippen molar-refractivity contribution in [2.24, 2.45) is 0 Å². The SMILES string of the molecule is COc1ccc(C(=O)[O-])cc1Cn1cccn1. The van der Waals surface area contributed by atoms with Gasteiger partial charge in [0.1, 0.15) is 5.75 Å². The molecular weight excluding hydrogens is 220 g/mol. The van der Waals surface area contributed by atoms with Gasteiger partial charge in [0.2, 0.25) is 0 Å². The number of aromatic nitrogens is 2. The maximum absolute atomic E-state index is 10.8. The van der Waals surface area contributed by atoms with Crippen molar-refractivity contribution >= 4 is 5.97 Å². The van der Waals surface area contributed by atoms with E-state index in [2.05, 4.69) is 5.10 Å². The molecule has 0 atom stereocenters. The standard InChI is InChI=1S/C12H12N2O3/c1-17-11-4-3-9(12(15)16)7-10(11)8-14-6-2-5-13-14/h2-7H,8H2,1H3,(H,15,16)/p-1. The highest BCUT2D eigenvalue weighted by Crippen LogP contribution is 2.20. The number of methoxy groups -OCH3 is 1. The van der Waals surface area contributed by atoms with Gasteiger partial charge in [-0.05, 0) is 29.8 Å². The second-order valence-electron chi connectivity index (χ2n) is 3.52. The molecule has 0 saturated heterocycles. The van der Waals surface area contributed by atoms with Gasteiger partial charge in [0.05, 0.1) is 19.6 Å².